The molecule has 0 bridgehead atoms. The minimum Gasteiger partial charge on any atom is -0.493 e. The number of aryl methyl sites for hydroxylation is 1. The van der Waals surface area contributed by atoms with Crippen LogP contribution >= 0.6 is 11.3 Å². The van der Waals surface area contributed by atoms with Crippen molar-refractivity contribution in [1.29, 1.82) is 0 Å². The van der Waals surface area contributed by atoms with E-state index in [0.29, 0.717) is 29.3 Å². The Labute approximate surface area is 178 Å². The van der Waals surface area contributed by atoms with Gasteiger partial charge in [0.1, 0.15) is 11.6 Å². The molecule has 2 aromatic heterocycles. The van der Waals surface area contributed by atoms with Gasteiger partial charge in [-0.1, -0.05) is 0 Å². The minimum atomic E-state index is -0.489. The molecule has 8 nitrogen and oxygen atoms in total. The SMILES string of the molecule is CNc1cc(OCCc2scnc2C)cc(C(=O)Nc2ccc(C(=O)OC)cn2)c1. The molecule has 0 fully saturated rings. The van der Waals surface area contributed by atoms with Gasteiger partial charge < -0.3 is 20.1 Å². The van der Waals surface area contributed by atoms with Crippen molar-refractivity contribution in [3.05, 3.63) is 63.7 Å². The van der Waals surface area contributed by atoms with Gasteiger partial charge in [0.15, 0.2) is 0 Å². The second-order valence-corrected chi connectivity index (χ2v) is 7.27. The van der Waals surface area contributed by atoms with Crippen LogP contribution in [0.4, 0.5) is 11.5 Å². The maximum absolute atomic E-state index is 12.7. The summed E-state index contributed by atoms with van der Waals surface area (Å²) in [6.45, 7) is 2.45. The quantitative estimate of drug-likeness (QED) is 0.531. The molecule has 1 aromatic carbocycles. The molecule has 3 rings (SSSR count). The zero-order chi connectivity index (χ0) is 21.5. The highest BCUT2D eigenvalue weighted by Crippen LogP contribution is 2.22. The first-order valence-electron chi connectivity index (χ1n) is 9.20. The summed E-state index contributed by atoms with van der Waals surface area (Å²) in [6, 6.07) is 8.31. The molecule has 0 unspecified atom stereocenters. The number of rotatable bonds is 8. The Kier molecular flexibility index (Phi) is 6.97. The van der Waals surface area contributed by atoms with Gasteiger partial charge in [0.2, 0.25) is 0 Å². The number of nitrogens with zero attached hydrogens (tertiary/aromatic N) is 2. The number of carbonyl (C=O) groups excluding carboxylic acids is 2. The fourth-order valence-corrected chi connectivity index (χ4v) is 3.44. The maximum atomic E-state index is 12.7. The predicted octanol–water partition coefficient (Wildman–Crippen LogP) is 3.55. The molecular formula is C21H22N4O4S. The van der Waals surface area contributed by atoms with Crippen molar-refractivity contribution in [3.63, 3.8) is 0 Å². The van der Waals surface area contributed by atoms with E-state index in [4.69, 9.17) is 4.74 Å². The topological polar surface area (TPSA) is 102 Å². The standard InChI is InChI=1S/C21H22N4O4S/c1-13-18(30-12-24-13)6-7-29-17-9-15(8-16(10-17)22-2)20(26)25-19-5-4-14(11-23-19)21(27)28-3/h4-5,8-12,22H,6-7H2,1-3H3,(H,23,25,26). The van der Waals surface area contributed by atoms with Crippen LogP contribution in [0, 0.1) is 6.92 Å². The molecule has 2 heterocycles. The third-order valence-corrected chi connectivity index (χ3v) is 5.32. The van der Waals surface area contributed by atoms with Gasteiger partial charge in [-0.05, 0) is 31.2 Å². The predicted molar refractivity (Wildman–Crippen MR) is 116 cm³/mol. The fraction of sp³-hybridized carbons (Fsp3) is 0.238. The van der Waals surface area contributed by atoms with Crippen molar-refractivity contribution in [2.75, 3.05) is 31.4 Å². The smallest absolute Gasteiger partial charge is 0.339 e. The number of carbonyl (C=O) groups is 2. The number of pyridine rings is 1. The summed E-state index contributed by atoms with van der Waals surface area (Å²) in [7, 11) is 3.07. The Bertz CT molecular complexity index is 1030. The Morgan fingerprint density at radius 2 is 1.97 bits per heavy atom. The molecule has 2 N–H and O–H groups in total. The number of ether oxygens (including phenoxy) is 2. The van der Waals surface area contributed by atoms with Gasteiger partial charge >= 0.3 is 5.97 Å². The Hall–Kier alpha value is -3.46. The molecule has 0 saturated heterocycles. The summed E-state index contributed by atoms with van der Waals surface area (Å²) < 4.78 is 10.5. The fourth-order valence-electron chi connectivity index (χ4n) is 2.68. The summed E-state index contributed by atoms with van der Waals surface area (Å²) in [5, 5.41) is 5.75. The molecule has 1 amide bonds. The average Bonchev–Trinajstić information content (AvgIpc) is 3.18. The van der Waals surface area contributed by atoms with Crippen LogP contribution in [0.25, 0.3) is 0 Å². The van der Waals surface area contributed by atoms with Crippen LogP contribution in [0.1, 0.15) is 31.3 Å². The van der Waals surface area contributed by atoms with Crippen LogP contribution in [-0.4, -0.2) is 42.6 Å². The third kappa shape index (κ3) is 5.32. The van der Waals surface area contributed by atoms with E-state index in [1.807, 2.05) is 18.5 Å². The summed E-state index contributed by atoms with van der Waals surface area (Å²) in [6.07, 6.45) is 2.10. The second-order valence-electron chi connectivity index (χ2n) is 6.33. The molecule has 9 heteroatoms. The zero-order valence-corrected chi connectivity index (χ0v) is 17.7. The van der Waals surface area contributed by atoms with Crippen molar-refractivity contribution in [3.8, 4) is 5.75 Å². The van der Waals surface area contributed by atoms with Crippen molar-refractivity contribution >= 4 is 34.7 Å². The number of anilines is 2. The molecule has 0 aliphatic heterocycles. The molecular weight excluding hydrogens is 404 g/mol. The van der Waals surface area contributed by atoms with Gasteiger partial charge in [0, 0.05) is 41.9 Å². The van der Waals surface area contributed by atoms with Crippen molar-refractivity contribution < 1.29 is 19.1 Å². The Morgan fingerprint density at radius 3 is 2.60 bits per heavy atom. The molecule has 156 valence electrons. The highest BCUT2D eigenvalue weighted by molar-refractivity contribution is 7.09. The first kappa shape index (κ1) is 21.3. The molecule has 3 aromatic rings. The number of thiazole rings is 1. The van der Waals surface area contributed by atoms with E-state index in [-0.39, 0.29) is 5.91 Å². The number of aromatic nitrogens is 2. The summed E-state index contributed by atoms with van der Waals surface area (Å²) in [5.41, 5.74) is 4.31. The van der Waals surface area contributed by atoms with Gasteiger partial charge in [0.25, 0.3) is 5.91 Å². The van der Waals surface area contributed by atoms with Crippen LogP contribution in [0.5, 0.6) is 5.75 Å². The normalized spacial score (nSPS) is 10.4. The lowest BCUT2D eigenvalue weighted by molar-refractivity contribution is 0.0600. The van der Waals surface area contributed by atoms with Gasteiger partial charge in [-0.15, -0.1) is 11.3 Å². The monoisotopic (exact) mass is 426 g/mol. The van der Waals surface area contributed by atoms with Gasteiger partial charge in [-0.25, -0.2) is 14.8 Å². The molecule has 0 atom stereocenters. The highest BCUT2D eigenvalue weighted by Gasteiger charge is 2.12. The number of benzene rings is 1. The molecule has 30 heavy (non-hydrogen) atoms. The van der Waals surface area contributed by atoms with Gasteiger partial charge in [-0.2, -0.15) is 0 Å². The highest BCUT2D eigenvalue weighted by atomic mass is 32.1. The van der Waals surface area contributed by atoms with Crippen LogP contribution in [0.15, 0.2) is 42.0 Å². The summed E-state index contributed by atoms with van der Waals surface area (Å²) in [4.78, 5) is 33.7. The molecule has 0 spiro atoms. The second kappa shape index (κ2) is 9.84. The van der Waals surface area contributed by atoms with E-state index in [1.54, 1.807) is 36.6 Å². The molecule has 0 radical (unpaired) electrons. The van der Waals surface area contributed by atoms with Gasteiger partial charge in [-0.3, -0.25) is 4.79 Å². The number of methoxy groups -OCH3 is 1. The lowest BCUT2D eigenvalue weighted by atomic mass is 10.1. The first-order valence-corrected chi connectivity index (χ1v) is 10.1. The number of amides is 1. The first-order chi connectivity index (χ1) is 14.5. The summed E-state index contributed by atoms with van der Waals surface area (Å²) in [5.74, 6) is 0.0831. The Balaban J connectivity index is 1.68. The Morgan fingerprint density at radius 1 is 1.13 bits per heavy atom. The van der Waals surface area contributed by atoms with E-state index in [9.17, 15) is 9.59 Å². The van der Waals surface area contributed by atoms with E-state index in [1.165, 1.54) is 24.3 Å². The van der Waals surface area contributed by atoms with Crippen LogP contribution in [-0.2, 0) is 11.2 Å². The van der Waals surface area contributed by atoms with Crippen molar-refractivity contribution in [2.45, 2.75) is 13.3 Å². The van der Waals surface area contributed by atoms with E-state index < -0.39 is 5.97 Å². The number of hydrogen-bond acceptors (Lipinski definition) is 8. The maximum Gasteiger partial charge on any atom is 0.339 e. The third-order valence-electron chi connectivity index (χ3n) is 4.33. The van der Waals surface area contributed by atoms with Crippen LogP contribution < -0.4 is 15.4 Å². The van der Waals surface area contributed by atoms with E-state index >= 15 is 0 Å². The minimum absolute atomic E-state index is 0.305. The zero-order valence-electron chi connectivity index (χ0n) is 16.9. The van der Waals surface area contributed by atoms with Crippen LogP contribution in [0.2, 0.25) is 0 Å². The largest absolute Gasteiger partial charge is 0.493 e. The molecule has 0 aliphatic carbocycles. The van der Waals surface area contributed by atoms with Crippen LogP contribution in [0.3, 0.4) is 0 Å². The lowest BCUT2D eigenvalue weighted by Crippen LogP contribution is -2.14. The number of esters is 1. The van der Waals surface area contributed by atoms with Gasteiger partial charge in [0.05, 0.1) is 30.5 Å². The average molecular weight is 426 g/mol. The van der Waals surface area contributed by atoms with Crippen molar-refractivity contribution in [1.82, 2.24) is 9.97 Å². The lowest BCUT2D eigenvalue weighted by Gasteiger charge is -2.11. The van der Waals surface area contributed by atoms with E-state index in [0.717, 1.165) is 17.8 Å². The number of hydrogen-bond donors (Lipinski definition) is 2. The molecule has 0 aliphatic rings. The van der Waals surface area contributed by atoms with E-state index in [2.05, 4.69) is 25.3 Å². The molecule has 0 saturated carbocycles. The summed E-state index contributed by atoms with van der Waals surface area (Å²) >= 11 is 1.60. The number of nitrogens with one attached hydrogen (secondary N) is 2. The van der Waals surface area contributed by atoms with Crippen molar-refractivity contribution in [2.24, 2.45) is 0 Å².